The van der Waals surface area contributed by atoms with E-state index in [0.717, 1.165) is 11.3 Å². The normalized spacial score (nSPS) is 10.2. The summed E-state index contributed by atoms with van der Waals surface area (Å²) in [7, 11) is 1.87. The van der Waals surface area contributed by atoms with E-state index >= 15 is 0 Å². The summed E-state index contributed by atoms with van der Waals surface area (Å²) in [5.74, 6) is 0.515. The lowest BCUT2D eigenvalue weighted by Gasteiger charge is -1.98. The highest BCUT2D eigenvalue weighted by molar-refractivity contribution is 5.69. The second-order valence-electron chi connectivity index (χ2n) is 2.81. The van der Waals surface area contributed by atoms with Gasteiger partial charge >= 0.3 is 0 Å². The summed E-state index contributed by atoms with van der Waals surface area (Å²) in [6.07, 6.45) is 3.55. The van der Waals surface area contributed by atoms with Gasteiger partial charge in [0.05, 0.1) is 5.69 Å². The van der Waals surface area contributed by atoms with Crippen LogP contribution in [-0.4, -0.2) is 14.8 Å². The lowest BCUT2D eigenvalue weighted by Crippen LogP contribution is -1.94. The number of pyridine rings is 1. The van der Waals surface area contributed by atoms with Crippen LogP contribution in [0.15, 0.2) is 30.6 Å². The molecule has 2 rings (SSSR count). The van der Waals surface area contributed by atoms with Crippen LogP contribution in [0.3, 0.4) is 0 Å². The first kappa shape index (κ1) is 7.79. The fourth-order valence-electron chi connectivity index (χ4n) is 1.19. The summed E-state index contributed by atoms with van der Waals surface area (Å²) in [4.78, 5) is 3.99. The van der Waals surface area contributed by atoms with Crippen LogP contribution in [-0.2, 0) is 7.05 Å². The minimum Gasteiger partial charge on any atom is -0.383 e. The standard InChI is InChI=1S/C9H10N4/c1-13-6-4-8(12-13)7-3-2-5-11-9(7)10/h2-6H,1H3,(H2,10,11). The van der Waals surface area contributed by atoms with E-state index in [0.29, 0.717) is 5.82 Å². The Labute approximate surface area is 76.0 Å². The Bertz CT molecular complexity index is 419. The Morgan fingerprint density at radius 2 is 2.23 bits per heavy atom. The summed E-state index contributed by atoms with van der Waals surface area (Å²) in [5, 5.41) is 4.24. The first-order valence-electron chi connectivity index (χ1n) is 3.98. The second-order valence-corrected chi connectivity index (χ2v) is 2.81. The molecule has 13 heavy (non-hydrogen) atoms. The zero-order valence-electron chi connectivity index (χ0n) is 7.31. The zero-order valence-corrected chi connectivity index (χ0v) is 7.31. The van der Waals surface area contributed by atoms with Crippen molar-refractivity contribution in [2.45, 2.75) is 0 Å². The van der Waals surface area contributed by atoms with Gasteiger partial charge in [0.15, 0.2) is 0 Å². The molecule has 0 radical (unpaired) electrons. The van der Waals surface area contributed by atoms with Crippen LogP contribution in [0.1, 0.15) is 0 Å². The third kappa shape index (κ3) is 1.38. The maximum atomic E-state index is 5.70. The number of nitrogens with two attached hydrogens (primary N) is 1. The number of rotatable bonds is 1. The second kappa shape index (κ2) is 2.90. The summed E-state index contributed by atoms with van der Waals surface area (Å²) in [6.45, 7) is 0. The van der Waals surface area contributed by atoms with Crippen molar-refractivity contribution < 1.29 is 0 Å². The van der Waals surface area contributed by atoms with Crippen LogP contribution in [0.4, 0.5) is 5.82 Å². The number of nitrogen functional groups attached to an aromatic ring is 1. The molecule has 4 nitrogen and oxygen atoms in total. The lowest BCUT2D eigenvalue weighted by atomic mass is 10.2. The Morgan fingerprint density at radius 1 is 1.38 bits per heavy atom. The molecule has 2 aromatic rings. The van der Waals surface area contributed by atoms with Crippen LogP contribution < -0.4 is 5.73 Å². The van der Waals surface area contributed by atoms with E-state index in [1.807, 2.05) is 31.4 Å². The van der Waals surface area contributed by atoms with Crippen molar-refractivity contribution in [3.05, 3.63) is 30.6 Å². The van der Waals surface area contributed by atoms with Gasteiger partial charge in [-0.05, 0) is 18.2 Å². The van der Waals surface area contributed by atoms with Gasteiger partial charge in [-0.15, -0.1) is 0 Å². The Hall–Kier alpha value is -1.84. The van der Waals surface area contributed by atoms with Crippen molar-refractivity contribution in [3.8, 4) is 11.3 Å². The van der Waals surface area contributed by atoms with Gasteiger partial charge in [0.1, 0.15) is 5.82 Å². The molecular weight excluding hydrogens is 164 g/mol. The molecule has 0 bridgehead atoms. The van der Waals surface area contributed by atoms with Crippen LogP contribution in [0.5, 0.6) is 0 Å². The fraction of sp³-hybridized carbons (Fsp3) is 0.111. The molecular formula is C9H10N4. The molecule has 2 aromatic heterocycles. The molecule has 2 N–H and O–H groups in total. The molecule has 0 saturated carbocycles. The predicted molar refractivity (Wildman–Crippen MR) is 50.9 cm³/mol. The van der Waals surface area contributed by atoms with Crippen LogP contribution in [0.25, 0.3) is 11.3 Å². The highest BCUT2D eigenvalue weighted by Gasteiger charge is 2.04. The number of hydrogen-bond acceptors (Lipinski definition) is 3. The van der Waals surface area contributed by atoms with Gasteiger partial charge in [-0.1, -0.05) is 0 Å². The zero-order chi connectivity index (χ0) is 9.26. The van der Waals surface area contributed by atoms with Gasteiger partial charge in [0.2, 0.25) is 0 Å². The van der Waals surface area contributed by atoms with Gasteiger partial charge < -0.3 is 5.73 Å². The third-order valence-electron chi connectivity index (χ3n) is 1.83. The SMILES string of the molecule is Cn1ccc(-c2cccnc2N)n1. The molecule has 0 aliphatic rings. The Balaban J connectivity index is 2.52. The fourth-order valence-corrected chi connectivity index (χ4v) is 1.19. The van der Waals surface area contributed by atoms with E-state index < -0.39 is 0 Å². The molecule has 0 spiro atoms. The van der Waals surface area contributed by atoms with Crippen molar-refractivity contribution in [1.29, 1.82) is 0 Å². The molecule has 4 heteroatoms. The molecule has 0 fully saturated rings. The molecule has 0 atom stereocenters. The summed E-state index contributed by atoms with van der Waals surface area (Å²) >= 11 is 0. The minimum atomic E-state index is 0.515. The topological polar surface area (TPSA) is 56.7 Å². The number of anilines is 1. The molecule has 0 amide bonds. The van der Waals surface area contributed by atoms with Gasteiger partial charge in [-0.25, -0.2) is 4.98 Å². The van der Waals surface area contributed by atoms with E-state index in [4.69, 9.17) is 5.73 Å². The van der Waals surface area contributed by atoms with E-state index in [1.54, 1.807) is 10.9 Å². The van der Waals surface area contributed by atoms with E-state index in [9.17, 15) is 0 Å². The van der Waals surface area contributed by atoms with Crippen molar-refractivity contribution in [2.24, 2.45) is 7.05 Å². The number of hydrogen-bond donors (Lipinski definition) is 1. The first-order chi connectivity index (χ1) is 6.27. The largest absolute Gasteiger partial charge is 0.383 e. The van der Waals surface area contributed by atoms with E-state index in [2.05, 4.69) is 10.1 Å². The predicted octanol–water partition coefficient (Wildman–Crippen LogP) is 1.06. The Kier molecular flexibility index (Phi) is 1.73. The molecule has 66 valence electrons. The van der Waals surface area contributed by atoms with Crippen molar-refractivity contribution in [1.82, 2.24) is 14.8 Å². The summed E-state index contributed by atoms with van der Waals surface area (Å²) < 4.78 is 1.74. The van der Waals surface area contributed by atoms with Crippen molar-refractivity contribution >= 4 is 5.82 Å². The van der Waals surface area contributed by atoms with Gasteiger partial charge in [0.25, 0.3) is 0 Å². The van der Waals surface area contributed by atoms with Gasteiger partial charge in [-0.2, -0.15) is 5.10 Å². The maximum absolute atomic E-state index is 5.70. The van der Waals surface area contributed by atoms with E-state index in [-0.39, 0.29) is 0 Å². The highest BCUT2D eigenvalue weighted by Crippen LogP contribution is 2.20. The molecule has 0 aliphatic carbocycles. The number of aryl methyl sites for hydroxylation is 1. The monoisotopic (exact) mass is 174 g/mol. The quantitative estimate of drug-likeness (QED) is 0.703. The number of nitrogens with zero attached hydrogens (tertiary/aromatic N) is 3. The summed E-state index contributed by atoms with van der Waals surface area (Å²) in [6, 6.07) is 5.67. The molecule has 2 heterocycles. The third-order valence-corrected chi connectivity index (χ3v) is 1.83. The molecule has 0 unspecified atom stereocenters. The highest BCUT2D eigenvalue weighted by atomic mass is 15.2. The van der Waals surface area contributed by atoms with E-state index in [1.165, 1.54) is 0 Å². The van der Waals surface area contributed by atoms with Gasteiger partial charge in [0, 0.05) is 25.0 Å². The maximum Gasteiger partial charge on any atom is 0.132 e. The van der Waals surface area contributed by atoms with Crippen LogP contribution in [0.2, 0.25) is 0 Å². The lowest BCUT2D eigenvalue weighted by molar-refractivity contribution is 0.771. The first-order valence-corrected chi connectivity index (χ1v) is 3.98. The van der Waals surface area contributed by atoms with Gasteiger partial charge in [-0.3, -0.25) is 4.68 Å². The summed E-state index contributed by atoms with van der Waals surface area (Å²) in [5.41, 5.74) is 7.43. The number of aromatic nitrogens is 3. The minimum absolute atomic E-state index is 0.515. The molecule has 0 aliphatic heterocycles. The Morgan fingerprint density at radius 3 is 2.85 bits per heavy atom. The van der Waals surface area contributed by atoms with Crippen LogP contribution in [0, 0.1) is 0 Å². The van der Waals surface area contributed by atoms with Crippen LogP contribution >= 0.6 is 0 Å². The molecule has 0 saturated heterocycles. The average Bonchev–Trinajstić information content (AvgIpc) is 2.53. The smallest absolute Gasteiger partial charge is 0.132 e. The van der Waals surface area contributed by atoms with Crippen molar-refractivity contribution in [3.63, 3.8) is 0 Å². The van der Waals surface area contributed by atoms with Crippen molar-refractivity contribution in [2.75, 3.05) is 5.73 Å². The average molecular weight is 174 g/mol. The molecule has 0 aromatic carbocycles.